The maximum Gasteiger partial charge on any atom is 0.319 e. The number of anilines is 1. The summed E-state index contributed by atoms with van der Waals surface area (Å²) in [4.78, 5) is 22.1. The Hall–Kier alpha value is -2.39. The minimum Gasteiger partial charge on any atom is -0.481 e. The van der Waals surface area contributed by atoms with Gasteiger partial charge in [0.05, 0.1) is 4.90 Å². The van der Waals surface area contributed by atoms with Crippen molar-refractivity contribution in [3.8, 4) is 0 Å². The van der Waals surface area contributed by atoms with Crippen LogP contribution in [0.15, 0.2) is 41.8 Å². The van der Waals surface area contributed by atoms with E-state index in [-0.39, 0.29) is 24.4 Å². The third-order valence-electron chi connectivity index (χ3n) is 3.06. The lowest BCUT2D eigenvalue weighted by atomic mass is 10.3. The number of sulfonamides is 1. The minimum atomic E-state index is -3.59. The van der Waals surface area contributed by atoms with Gasteiger partial charge in [-0.05, 0) is 30.7 Å². The van der Waals surface area contributed by atoms with Gasteiger partial charge in [-0.2, -0.15) is 4.31 Å². The van der Waals surface area contributed by atoms with Crippen molar-refractivity contribution in [1.29, 1.82) is 0 Å². The standard InChI is InChI=1S/C15H21N3O5S/c1-3-11-18(2)24(22,23)13-8-6-12(7-9-13)17-15(21)16-10-4-5-14(19)20/h3,6-9H,1,4-5,10-11H2,2H3,(H,19,20)(H2,16,17,21). The first-order valence-corrected chi connectivity index (χ1v) is 8.65. The van der Waals surface area contributed by atoms with E-state index in [2.05, 4.69) is 17.2 Å². The molecular formula is C15H21N3O5S. The molecule has 0 spiro atoms. The van der Waals surface area contributed by atoms with E-state index >= 15 is 0 Å². The first kappa shape index (κ1) is 19.7. The molecule has 0 aliphatic rings. The van der Waals surface area contributed by atoms with Gasteiger partial charge in [-0.15, -0.1) is 6.58 Å². The predicted molar refractivity (Wildman–Crippen MR) is 90.3 cm³/mol. The summed E-state index contributed by atoms with van der Waals surface area (Å²) in [5.41, 5.74) is 0.427. The van der Waals surface area contributed by atoms with Crippen LogP contribution in [0.5, 0.6) is 0 Å². The number of rotatable bonds is 9. The molecule has 24 heavy (non-hydrogen) atoms. The molecule has 132 valence electrons. The second kappa shape index (κ2) is 9.04. The number of hydrogen-bond donors (Lipinski definition) is 3. The summed E-state index contributed by atoms with van der Waals surface area (Å²) >= 11 is 0. The smallest absolute Gasteiger partial charge is 0.319 e. The summed E-state index contributed by atoms with van der Waals surface area (Å²) in [7, 11) is -2.14. The Morgan fingerprint density at radius 1 is 1.29 bits per heavy atom. The first-order valence-electron chi connectivity index (χ1n) is 7.21. The molecule has 0 aliphatic carbocycles. The van der Waals surface area contributed by atoms with Crippen LogP contribution in [0.25, 0.3) is 0 Å². The average molecular weight is 355 g/mol. The minimum absolute atomic E-state index is 0.0228. The van der Waals surface area contributed by atoms with E-state index in [9.17, 15) is 18.0 Å². The fourth-order valence-electron chi connectivity index (χ4n) is 1.79. The molecule has 2 amide bonds. The number of amides is 2. The number of benzene rings is 1. The van der Waals surface area contributed by atoms with Gasteiger partial charge in [0.2, 0.25) is 10.0 Å². The number of hydrogen-bond acceptors (Lipinski definition) is 4. The molecule has 1 aromatic rings. The highest BCUT2D eigenvalue weighted by atomic mass is 32.2. The molecule has 0 radical (unpaired) electrons. The molecule has 3 N–H and O–H groups in total. The monoisotopic (exact) mass is 355 g/mol. The van der Waals surface area contributed by atoms with Gasteiger partial charge in [-0.3, -0.25) is 4.79 Å². The van der Waals surface area contributed by atoms with Gasteiger partial charge in [0.15, 0.2) is 0 Å². The predicted octanol–water partition coefficient (Wildman–Crippen LogP) is 1.48. The zero-order valence-corrected chi connectivity index (χ0v) is 14.2. The van der Waals surface area contributed by atoms with E-state index in [0.29, 0.717) is 12.1 Å². The van der Waals surface area contributed by atoms with Gasteiger partial charge < -0.3 is 15.7 Å². The van der Waals surface area contributed by atoms with Crippen LogP contribution < -0.4 is 10.6 Å². The Bertz CT molecular complexity index is 686. The number of carbonyl (C=O) groups excluding carboxylic acids is 1. The summed E-state index contributed by atoms with van der Waals surface area (Å²) in [6.07, 6.45) is 1.79. The molecule has 0 fully saturated rings. The lowest BCUT2D eigenvalue weighted by Crippen LogP contribution is -2.30. The van der Waals surface area contributed by atoms with Crippen molar-refractivity contribution >= 4 is 27.7 Å². The first-order chi connectivity index (χ1) is 11.3. The van der Waals surface area contributed by atoms with Crippen molar-refractivity contribution in [3.63, 3.8) is 0 Å². The van der Waals surface area contributed by atoms with Crippen LogP contribution >= 0.6 is 0 Å². The SMILES string of the molecule is C=CCN(C)S(=O)(=O)c1ccc(NC(=O)NCCCC(=O)O)cc1. The molecule has 0 aromatic heterocycles. The van der Waals surface area contributed by atoms with E-state index in [1.807, 2.05) is 0 Å². The summed E-state index contributed by atoms with van der Waals surface area (Å²) in [6.45, 7) is 3.93. The van der Waals surface area contributed by atoms with E-state index in [4.69, 9.17) is 5.11 Å². The third-order valence-corrected chi connectivity index (χ3v) is 4.90. The number of nitrogens with zero attached hydrogens (tertiary/aromatic N) is 1. The molecule has 1 aromatic carbocycles. The van der Waals surface area contributed by atoms with Crippen LogP contribution in [-0.2, 0) is 14.8 Å². The molecule has 8 nitrogen and oxygen atoms in total. The largest absolute Gasteiger partial charge is 0.481 e. The molecule has 9 heteroatoms. The number of nitrogens with one attached hydrogen (secondary N) is 2. The average Bonchev–Trinajstić information content (AvgIpc) is 2.52. The van der Waals surface area contributed by atoms with E-state index in [1.54, 1.807) is 0 Å². The summed E-state index contributed by atoms with van der Waals surface area (Å²) in [6, 6.07) is 5.26. The van der Waals surface area contributed by atoms with Crippen molar-refractivity contribution in [2.75, 3.05) is 25.5 Å². The lowest BCUT2D eigenvalue weighted by Gasteiger charge is -2.15. The highest BCUT2D eigenvalue weighted by Crippen LogP contribution is 2.17. The summed E-state index contributed by atoms with van der Waals surface area (Å²) < 4.78 is 25.6. The van der Waals surface area contributed by atoms with Crippen LogP contribution in [0.2, 0.25) is 0 Å². The Morgan fingerprint density at radius 2 is 1.92 bits per heavy atom. The Morgan fingerprint density at radius 3 is 2.46 bits per heavy atom. The number of carboxylic acid groups (broad SMARTS) is 1. The van der Waals surface area contributed by atoms with Crippen LogP contribution in [0.3, 0.4) is 0 Å². The molecule has 0 atom stereocenters. The van der Waals surface area contributed by atoms with Gasteiger partial charge in [-0.1, -0.05) is 6.08 Å². The molecule has 0 unspecified atom stereocenters. The number of urea groups is 1. The molecule has 0 heterocycles. The fraction of sp³-hybridized carbons (Fsp3) is 0.333. The van der Waals surface area contributed by atoms with Crippen molar-refractivity contribution in [3.05, 3.63) is 36.9 Å². The Kier molecular flexibility index (Phi) is 7.40. The lowest BCUT2D eigenvalue weighted by molar-refractivity contribution is -0.137. The molecule has 0 bridgehead atoms. The number of likely N-dealkylation sites (N-methyl/N-ethyl adjacent to an activating group) is 1. The summed E-state index contributed by atoms with van der Waals surface area (Å²) in [5, 5.41) is 13.5. The second-order valence-corrected chi connectivity index (χ2v) is 7.02. The van der Waals surface area contributed by atoms with Crippen molar-refractivity contribution in [1.82, 2.24) is 9.62 Å². The molecule has 0 aliphatic heterocycles. The number of carboxylic acids is 1. The van der Waals surface area contributed by atoms with Crippen LogP contribution in [0, 0.1) is 0 Å². The van der Waals surface area contributed by atoms with Gasteiger partial charge in [-0.25, -0.2) is 13.2 Å². The topological polar surface area (TPSA) is 116 Å². The van der Waals surface area contributed by atoms with Gasteiger partial charge >= 0.3 is 12.0 Å². The van der Waals surface area contributed by atoms with E-state index in [0.717, 1.165) is 4.31 Å². The maximum atomic E-state index is 12.2. The van der Waals surface area contributed by atoms with Crippen molar-refractivity contribution in [2.24, 2.45) is 0 Å². The number of carbonyl (C=O) groups is 2. The highest BCUT2D eigenvalue weighted by molar-refractivity contribution is 7.89. The Balaban J connectivity index is 2.60. The molecule has 1 rings (SSSR count). The zero-order chi connectivity index (χ0) is 18.2. The van der Waals surface area contributed by atoms with E-state index < -0.39 is 22.0 Å². The maximum absolute atomic E-state index is 12.2. The highest BCUT2D eigenvalue weighted by Gasteiger charge is 2.19. The summed E-state index contributed by atoms with van der Waals surface area (Å²) in [5.74, 6) is -0.921. The van der Waals surface area contributed by atoms with Crippen LogP contribution in [-0.4, -0.2) is 50.0 Å². The third kappa shape index (κ3) is 6.01. The van der Waals surface area contributed by atoms with E-state index in [1.165, 1.54) is 37.4 Å². The molecule has 0 saturated heterocycles. The van der Waals surface area contributed by atoms with Gasteiger partial charge in [0, 0.05) is 32.2 Å². The quantitative estimate of drug-likeness (QED) is 0.458. The van der Waals surface area contributed by atoms with Gasteiger partial charge in [0.25, 0.3) is 0 Å². The molecule has 0 saturated carbocycles. The Labute approximate surface area is 141 Å². The molecular weight excluding hydrogens is 334 g/mol. The second-order valence-electron chi connectivity index (χ2n) is 4.98. The van der Waals surface area contributed by atoms with Crippen molar-refractivity contribution < 1.29 is 23.1 Å². The van der Waals surface area contributed by atoms with Crippen LogP contribution in [0.1, 0.15) is 12.8 Å². The number of aliphatic carboxylic acids is 1. The van der Waals surface area contributed by atoms with Crippen LogP contribution in [0.4, 0.5) is 10.5 Å². The fourth-order valence-corrected chi connectivity index (χ4v) is 2.93. The normalized spacial score (nSPS) is 11.1. The zero-order valence-electron chi connectivity index (χ0n) is 13.4. The van der Waals surface area contributed by atoms with Crippen molar-refractivity contribution in [2.45, 2.75) is 17.7 Å². The van der Waals surface area contributed by atoms with Gasteiger partial charge in [0.1, 0.15) is 0 Å².